The van der Waals surface area contributed by atoms with Gasteiger partial charge in [0.2, 0.25) is 0 Å². The smallest absolute Gasteiger partial charge is 0.0476 e. The van der Waals surface area contributed by atoms with Crippen LogP contribution in [-0.2, 0) is 4.74 Å². The zero-order valence-corrected chi connectivity index (χ0v) is 9.65. The molecule has 0 bridgehead atoms. The number of hydrogen-bond acceptors (Lipinski definition) is 3. The Labute approximate surface area is 91.0 Å². The van der Waals surface area contributed by atoms with Crippen LogP contribution in [0.3, 0.4) is 0 Å². The first-order valence-corrected chi connectivity index (χ1v) is 6.79. The molecule has 1 aliphatic carbocycles. The van der Waals surface area contributed by atoms with Gasteiger partial charge < -0.3 is 10.5 Å². The summed E-state index contributed by atoms with van der Waals surface area (Å²) in [6.07, 6.45) is 6.58. The normalized spacial score (nSPS) is 26.4. The molecule has 0 amide bonds. The predicted octanol–water partition coefficient (Wildman–Crippen LogP) is 2.03. The standard InChI is InChI=1S/C11H21NOS/c12-6-5-11(3-4-11)9-14-10-1-7-13-8-2-10/h10H,1-9,12H2. The highest BCUT2D eigenvalue weighted by Crippen LogP contribution is 2.51. The molecule has 1 saturated carbocycles. The van der Waals surface area contributed by atoms with Crippen molar-refractivity contribution < 1.29 is 4.74 Å². The van der Waals surface area contributed by atoms with E-state index in [9.17, 15) is 0 Å². The lowest BCUT2D eigenvalue weighted by Gasteiger charge is -2.23. The first-order valence-electron chi connectivity index (χ1n) is 5.74. The van der Waals surface area contributed by atoms with E-state index in [1.807, 2.05) is 0 Å². The molecule has 1 aliphatic heterocycles. The topological polar surface area (TPSA) is 35.2 Å². The van der Waals surface area contributed by atoms with Gasteiger partial charge in [-0.3, -0.25) is 0 Å². The van der Waals surface area contributed by atoms with E-state index < -0.39 is 0 Å². The van der Waals surface area contributed by atoms with Crippen LogP contribution in [0.15, 0.2) is 0 Å². The predicted molar refractivity (Wildman–Crippen MR) is 61.6 cm³/mol. The summed E-state index contributed by atoms with van der Waals surface area (Å²) < 4.78 is 5.36. The third-order valence-electron chi connectivity index (χ3n) is 3.43. The minimum atomic E-state index is 0.651. The summed E-state index contributed by atoms with van der Waals surface area (Å²) in [5.74, 6) is 1.34. The molecule has 2 nitrogen and oxygen atoms in total. The Morgan fingerprint density at radius 2 is 2.00 bits per heavy atom. The summed E-state index contributed by atoms with van der Waals surface area (Å²) in [5.41, 5.74) is 6.28. The van der Waals surface area contributed by atoms with Gasteiger partial charge in [0.1, 0.15) is 0 Å². The van der Waals surface area contributed by atoms with Crippen LogP contribution in [0.25, 0.3) is 0 Å². The maximum absolute atomic E-state index is 5.63. The van der Waals surface area contributed by atoms with Gasteiger partial charge in [0.05, 0.1) is 0 Å². The molecule has 0 aromatic heterocycles. The van der Waals surface area contributed by atoms with Gasteiger partial charge in [0.15, 0.2) is 0 Å². The highest BCUT2D eigenvalue weighted by Gasteiger charge is 2.41. The Morgan fingerprint density at radius 1 is 1.29 bits per heavy atom. The Morgan fingerprint density at radius 3 is 2.57 bits per heavy atom. The van der Waals surface area contributed by atoms with E-state index >= 15 is 0 Å². The Hall–Kier alpha value is 0.270. The van der Waals surface area contributed by atoms with E-state index in [1.165, 1.54) is 37.9 Å². The molecule has 2 rings (SSSR count). The van der Waals surface area contributed by atoms with Gasteiger partial charge in [0.25, 0.3) is 0 Å². The van der Waals surface area contributed by atoms with Crippen molar-refractivity contribution in [2.75, 3.05) is 25.5 Å². The molecule has 1 heterocycles. The van der Waals surface area contributed by atoms with Gasteiger partial charge >= 0.3 is 0 Å². The van der Waals surface area contributed by atoms with Crippen LogP contribution in [0.1, 0.15) is 32.1 Å². The van der Waals surface area contributed by atoms with E-state index in [2.05, 4.69) is 11.8 Å². The maximum Gasteiger partial charge on any atom is 0.0476 e. The quantitative estimate of drug-likeness (QED) is 0.762. The van der Waals surface area contributed by atoms with Crippen LogP contribution < -0.4 is 5.73 Å². The minimum absolute atomic E-state index is 0.651. The summed E-state index contributed by atoms with van der Waals surface area (Å²) in [6, 6.07) is 0. The van der Waals surface area contributed by atoms with Crippen molar-refractivity contribution in [3.63, 3.8) is 0 Å². The van der Waals surface area contributed by atoms with Gasteiger partial charge in [-0.15, -0.1) is 0 Å². The molecule has 0 atom stereocenters. The number of hydrogen-bond donors (Lipinski definition) is 1. The van der Waals surface area contributed by atoms with E-state index in [4.69, 9.17) is 10.5 Å². The molecule has 2 fully saturated rings. The van der Waals surface area contributed by atoms with Gasteiger partial charge in [-0.2, -0.15) is 11.8 Å². The molecular formula is C11H21NOS. The van der Waals surface area contributed by atoms with Crippen molar-refractivity contribution in [3.05, 3.63) is 0 Å². The lowest BCUT2D eigenvalue weighted by molar-refractivity contribution is 0.0999. The second kappa shape index (κ2) is 4.86. The first kappa shape index (κ1) is 10.8. The molecule has 1 saturated heterocycles. The van der Waals surface area contributed by atoms with Gasteiger partial charge in [-0.1, -0.05) is 0 Å². The number of rotatable bonds is 5. The molecule has 0 aromatic rings. The number of nitrogens with two attached hydrogens (primary N) is 1. The summed E-state index contributed by atoms with van der Waals surface area (Å²) in [7, 11) is 0. The maximum atomic E-state index is 5.63. The van der Waals surface area contributed by atoms with Crippen LogP contribution >= 0.6 is 11.8 Å². The molecule has 82 valence electrons. The largest absolute Gasteiger partial charge is 0.381 e. The van der Waals surface area contributed by atoms with Gasteiger partial charge in [-0.25, -0.2) is 0 Å². The summed E-state index contributed by atoms with van der Waals surface area (Å²) in [6.45, 7) is 2.82. The van der Waals surface area contributed by atoms with Gasteiger partial charge in [0, 0.05) is 18.5 Å². The molecule has 0 radical (unpaired) electrons. The fourth-order valence-electron chi connectivity index (χ4n) is 2.09. The van der Waals surface area contributed by atoms with Crippen LogP contribution in [0, 0.1) is 5.41 Å². The molecule has 0 unspecified atom stereocenters. The molecule has 3 heteroatoms. The van der Waals surface area contributed by atoms with Gasteiger partial charge in [-0.05, 0) is 49.8 Å². The Balaban J connectivity index is 1.65. The first-order chi connectivity index (χ1) is 6.85. The second-order valence-corrected chi connectivity index (χ2v) is 5.95. The number of ether oxygens (including phenoxy) is 1. The molecule has 0 spiro atoms. The van der Waals surface area contributed by atoms with Crippen LogP contribution in [0.2, 0.25) is 0 Å². The second-order valence-electron chi connectivity index (χ2n) is 4.66. The monoisotopic (exact) mass is 215 g/mol. The lowest BCUT2D eigenvalue weighted by Crippen LogP contribution is -2.20. The molecule has 2 N–H and O–H groups in total. The van der Waals surface area contributed by atoms with Crippen molar-refractivity contribution in [3.8, 4) is 0 Å². The third kappa shape index (κ3) is 2.88. The molecule has 2 aliphatic rings. The highest BCUT2D eigenvalue weighted by atomic mass is 32.2. The molecule has 14 heavy (non-hydrogen) atoms. The average molecular weight is 215 g/mol. The summed E-state index contributed by atoms with van der Waals surface area (Å²) in [5, 5.41) is 0.860. The van der Waals surface area contributed by atoms with E-state index in [0.717, 1.165) is 25.0 Å². The van der Waals surface area contributed by atoms with E-state index in [1.54, 1.807) is 0 Å². The van der Waals surface area contributed by atoms with Crippen molar-refractivity contribution in [1.82, 2.24) is 0 Å². The molecular weight excluding hydrogens is 194 g/mol. The van der Waals surface area contributed by atoms with E-state index in [0.29, 0.717) is 5.41 Å². The lowest BCUT2D eigenvalue weighted by atomic mass is 10.1. The zero-order valence-electron chi connectivity index (χ0n) is 8.84. The average Bonchev–Trinajstić information content (AvgIpc) is 2.98. The van der Waals surface area contributed by atoms with Crippen molar-refractivity contribution >= 4 is 11.8 Å². The minimum Gasteiger partial charge on any atom is -0.381 e. The van der Waals surface area contributed by atoms with Crippen LogP contribution in [0.5, 0.6) is 0 Å². The van der Waals surface area contributed by atoms with Crippen LogP contribution in [0.4, 0.5) is 0 Å². The Bertz CT molecular complexity index is 176. The number of thioether (sulfide) groups is 1. The van der Waals surface area contributed by atoms with Crippen molar-refractivity contribution in [1.29, 1.82) is 0 Å². The third-order valence-corrected chi connectivity index (χ3v) is 5.15. The summed E-state index contributed by atoms with van der Waals surface area (Å²) in [4.78, 5) is 0. The van der Waals surface area contributed by atoms with E-state index in [-0.39, 0.29) is 0 Å². The highest BCUT2D eigenvalue weighted by molar-refractivity contribution is 7.99. The SMILES string of the molecule is NCCC1(CSC2CCOCC2)CC1. The zero-order chi connectivity index (χ0) is 9.86. The van der Waals surface area contributed by atoms with Crippen molar-refractivity contribution in [2.45, 2.75) is 37.4 Å². The van der Waals surface area contributed by atoms with Crippen molar-refractivity contribution in [2.24, 2.45) is 11.1 Å². The van der Waals surface area contributed by atoms with Crippen LogP contribution in [-0.4, -0.2) is 30.8 Å². The summed E-state index contributed by atoms with van der Waals surface area (Å²) >= 11 is 2.17. The Kier molecular flexibility index (Phi) is 3.74. The fourth-order valence-corrected chi connectivity index (χ4v) is 3.63. The fraction of sp³-hybridized carbons (Fsp3) is 1.00. The molecule has 0 aromatic carbocycles.